The Balaban J connectivity index is 1.41. The average Bonchev–Trinajstić information content (AvgIpc) is 3.19. The maximum Gasteiger partial charge on any atom is 0.253 e. The van der Waals surface area contributed by atoms with Crippen LogP contribution in [0.1, 0.15) is 23.2 Å². The average molecular weight is 323 g/mol. The summed E-state index contributed by atoms with van der Waals surface area (Å²) in [4.78, 5) is 38.9. The molecule has 6 heteroatoms. The van der Waals surface area contributed by atoms with Crippen LogP contribution in [0.25, 0.3) is 5.69 Å². The van der Waals surface area contributed by atoms with Crippen LogP contribution in [0, 0.1) is 0 Å². The maximum atomic E-state index is 12.5. The molecule has 0 saturated carbocycles. The van der Waals surface area contributed by atoms with Gasteiger partial charge in [0, 0.05) is 49.6 Å². The lowest BCUT2D eigenvalue weighted by atomic mass is 10.0. The van der Waals surface area contributed by atoms with Crippen molar-refractivity contribution in [3.8, 4) is 5.69 Å². The second-order valence-electron chi connectivity index (χ2n) is 6.16. The first-order valence-electron chi connectivity index (χ1n) is 8.01. The molecule has 0 unspecified atom stereocenters. The zero-order valence-corrected chi connectivity index (χ0v) is 13.1. The Kier molecular flexibility index (Phi) is 3.45. The predicted octanol–water partition coefficient (Wildman–Crippen LogP) is 1.45. The number of nitrogens with zero attached hydrogens (tertiary/aromatic N) is 3. The van der Waals surface area contributed by atoms with Gasteiger partial charge in [0.2, 0.25) is 11.8 Å². The molecule has 2 aliphatic heterocycles. The van der Waals surface area contributed by atoms with E-state index in [1.165, 1.54) is 4.90 Å². The van der Waals surface area contributed by atoms with Gasteiger partial charge in [-0.1, -0.05) is 0 Å². The summed E-state index contributed by atoms with van der Waals surface area (Å²) in [6.45, 7) is 0.853. The van der Waals surface area contributed by atoms with Crippen LogP contribution in [-0.2, 0) is 9.59 Å². The molecule has 0 atom stereocenters. The Morgan fingerprint density at radius 1 is 0.917 bits per heavy atom. The third-order valence-electron chi connectivity index (χ3n) is 4.62. The van der Waals surface area contributed by atoms with E-state index in [2.05, 4.69) is 0 Å². The van der Waals surface area contributed by atoms with Crippen LogP contribution in [0.15, 0.2) is 48.8 Å². The number of benzene rings is 1. The maximum absolute atomic E-state index is 12.5. The second kappa shape index (κ2) is 5.63. The number of hydrogen-bond donors (Lipinski definition) is 0. The fraction of sp³-hybridized carbons (Fsp3) is 0.278. The van der Waals surface area contributed by atoms with Crippen LogP contribution in [0.2, 0.25) is 0 Å². The van der Waals surface area contributed by atoms with Crippen LogP contribution in [0.3, 0.4) is 0 Å². The highest BCUT2D eigenvalue weighted by Crippen LogP contribution is 2.24. The van der Waals surface area contributed by atoms with Gasteiger partial charge in [0.25, 0.3) is 5.91 Å². The van der Waals surface area contributed by atoms with E-state index in [0.29, 0.717) is 31.5 Å². The molecule has 1 aromatic carbocycles. The SMILES string of the molecule is O=C(c1ccc(-n2cccc2)cc1)N1CC(N2C(=O)CCC2=O)C1. The summed E-state index contributed by atoms with van der Waals surface area (Å²) in [6, 6.07) is 11.1. The molecule has 2 aromatic rings. The third kappa shape index (κ3) is 2.40. The molecule has 2 aliphatic rings. The van der Waals surface area contributed by atoms with Gasteiger partial charge in [0.1, 0.15) is 0 Å². The molecular weight excluding hydrogens is 306 g/mol. The molecule has 0 radical (unpaired) electrons. The molecule has 2 saturated heterocycles. The monoisotopic (exact) mass is 323 g/mol. The van der Waals surface area contributed by atoms with Gasteiger partial charge >= 0.3 is 0 Å². The molecule has 3 amide bonds. The molecule has 0 spiro atoms. The van der Waals surface area contributed by atoms with Crippen molar-refractivity contribution in [2.45, 2.75) is 18.9 Å². The van der Waals surface area contributed by atoms with Gasteiger partial charge in [-0.25, -0.2) is 0 Å². The second-order valence-corrected chi connectivity index (χ2v) is 6.16. The van der Waals surface area contributed by atoms with Crippen molar-refractivity contribution < 1.29 is 14.4 Å². The van der Waals surface area contributed by atoms with E-state index < -0.39 is 0 Å². The lowest BCUT2D eigenvalue weighted by molar-refractivity contribution is -0.144. The minimum Gasteiger partial charge on any atom is -0.334 e. The zero-order chi connectivity index (χ0) is 16.7. The van der Waals surface area contributed by atoms with Gasteiger partial charge in [-0.05, 0) is 36.4 Å². The van der Waals surface area contributed by atoms with Crippen LogP contribution < -0.4 is 0 Å². The van der Waals surface area contributed by atoms with Crippen molar-refractivity contribution in [3.63, 3.8) is 0 Å². The first-order chi connectivity index (χ1) is 11.6. The molecule has 6 nitrogen and oxygen atoms in total. The van der Waals surface area contributed by atoms with E-state index in [4.69, 9.17) is 0 Å². The third-order valence-corrected chi connectivity index (χ3v) is 4.62. The molecule has 0 aliphatic carbocycles. The number of amides is 3. The van der Waals surface area contributed by atoms with Gasteiger partial charge < -0.3 is 9.47 Å². The van der Waals surface area contributed by atoms with Crippen LogP contribution >= 0.6 is 0 Å². The number of aromatic nitrogens is 1. The molecule has 3 heterocycles. The topological polar surface area (TPSA) is 62.6 Å². The van der Waals surface area contributed by atoms with Gasteiger partial charge in [-0.2, -0.15) is 0 Å². The summed E-state index contributed by atoms with van der Waals surface area (Å²) < 4.78 is 1.97. The van der Waals surface area contributed by atoms with E-state index in [1.807, 2.05) is 41.2 Å². The smallest absolute Gasteiger partial charge is 0.253 e. The van der Waals surface area contributed by atoms with Crippen LogP contribution in [-0.4, -0.2) is 51.2 Å². The Bertz CT molecular complexity index is 773. The summed E-state index contributed by atoms with van der Waals surface area (Å²) in [5, 5.41) is 0. The number of rotatable bonds is 3. The van der Waals surface area contributed by atoms with Crippen molar-refractivity contribution >= 4 is 17.7 Å². The molecule has 0 bridgehead atoms. The summed E-state index contributed by atoms with van der Waals surface area (Å²) in [5.74, 6) is -0.300. The lowest BCUT2D eigenvalue weighted by Gasteiger charge is -2.43. The predicted molar refractivity (Wildman–Crippen MR) is 86.5 cm³/mol. The number of carbonyl (C=O) groups is 3. The molecule has 4 rings (SSSR count). The normalized spacial score (nSPS) is 18.2. The Hall–Kier alpha value is -2.89. The van der Waals surface area contributed by atoms with E-state index in [1.54, 1.807) is 17.0 Å². The van der Waals surface area contributed by atoms with Crippen molar-refractivity contribution in [1.82, 2.24) is 14.4 Å². The van der Waals surface area contributed by atoms with E-state index in [-0.39, 0.29) is 23.8 Å². The van der Waals surface area contributed by atoms with E-state index in [0.717, 1.165) is 5.69 Å². The number of likely N-dealkylation sites (tertiary alicyclic amines) is 2. The van der Waals surface area contributed by atoms with Crippen molar-refractivity contribution in [1.29, 1.82) is 0 Å². The first-order valence-corrected chi connectivity index (χ1v) is 8.01. The number of imide groups is 1. The highest BCUT2D eigenvalue weighted by Gasteiger charge is 2.42. The van der Waals surface area contributed by atoms with Gasteiger partial charge in [0.15, 0.2) is 0 Å². The lowest BCUT2D eigenvalue weighted by Crippen LogP contribution is -2.62. The number of carbonyl (C=O) groups excluding carboxylic acids is 3. The molecule has 0 N–H and O–H groups in total. The molecule has 24 heavy (non-hydrogen) atoms. The van der Waals surface area contributed by atoms with Crippen molar-refractivity contribution in [3.05, 3.63) is 54.4 Å². The van der Waals surface area contributed by atoms with Crippen molar-refractivity contribution in [2.24, 2.45) is 0 Å². The standard InChI is InChI=1S/C18H17N3O3/c22-16-7-8-17(23)21(16)15-11-20(12-15)18(24)13-3-5-14(6-4-13)19-9-1-2-10-19/h1-6,9-10,15H,7-8,11-12H2. The highest BCUT2D eigenvalue weighted by molar-refractivity contribution is 6.03. The Labute approximate surface area is 139 Å². The van der Waals surface area contributed by atoms with Crippen LogP contribution in [0.4, 0.5) is 0 Å². The van der Waals surface area contributed by atoms with Gasteiger partial charge in [-0.15, -0.1) is 0 Å². The Morgan fingerprint density at radius 2 is 1.50 bits per heavy atom. The summed E-state index contributed by atoms with van der Waals surface area (Å²) in [5.41, 5.74) is 1.61. The molecule has 122 valence electrons. The number of hydrogen-bond acceptors (Lipinski definition) is 3. The van der Waals surface area contributed by atoms with E-state index in [9.17, 15) is 14.4 Å². The molecule has 1 aromatic heterocycles. The summed E-state index contributed by atoms with van der Waals surface area (Å²) in [7, 11) is 0. The highest BCUT2D eigenvalue weighted by atomic mass is 16.2. The fourth-order valence-corrected chi connectivity index (χ4v) is 3.25. The summed E-state index contributed by atoms with van der Waals surface area (Å²) >= 11 is 0. The minimum atomic E-state index is -0.157. The van der Waals surface area contributed by atoms with Crippen molar-refractivity contribution in [2.75, 3.05) is 13.1 Å². The zero-order valence-electron chi connectivity index (χ0n) is 13.1. The first kappa shape index (κ1) is 14.7. The summed E-state index contributed by atoms with van der Waals surface area (Å²) in [6.07, 6.45) is 4.48. The van der Waals surface area contributed by atoms with E-state index >= 15 is 0 Å². The molecular formula is C18H17N3O3. The molecule has 2 fully saturated rings. The largest absolute Gasteiger partial charge is 0.334 e. The minimum absolute atomic E-state index is 0.0654. The fourth-order valence-electron chi connectivity index (χ4n) is 3.25. The Morgan fingerprint density at radius 3 is 2.08 bits per heavy atom. The quantitative estimate of drug-likeness (QED) is 0.803. The van der Waals surface area contributed by atoms with Crippen LogP contribution in [0.5, 0.6) is 0 Å². The van der Waals surface area contributed by atoms with Gasteiger partial charge in [0.05, 0.1) is 6.04 Å². The van der Waals surface area contributed by atoms with Gasteiger partial charge in [-0.3, -0.25) is 19.3 Å².